The monoisotopic (exact) mass is 173 g/mol. The standard InChI is InChI=1S/C7H12N2O3/c1-3-12-7(11)5(8)4-6(10)9-2/h4H,3,8H2,1-2H3,(H,9,10)/p+1/b5-4-. The molecule has 0 aromatic carbocycles. The van der Waals surface area contributed by atoms with Crippen molar-refractivity contribution >= 4 is 11.9 Å². The third-order valence-corrected chi connectivity index (χ3v) is 1.09. The van der Waals surface area contributed by atoms with E-state index in [1.165, 1.54) is 5.32 Å². The number of likely N-dealkylation sites (N-methyl/N-ethyl adjacent to an activating group) is 1. The van der Waals surface area contributed by atoms with Crippen LogP contribution in [0.15, 0.2) is 11.8 Å². The van der Waals surface area contributed by atoms with Gasteiger partial charge in [-0.25, -0.2) is 9.59 Å². The first-order chi connectivity index (χ1) is 5.61. The lowest BCUT2D eigenvalue weighted by atomic mass is 10.4. The van der Waals surface area contributed by atoms with Crippen LogP contribution < -0.4 is 11.1 Å². The molecule has 0 atom stereocenters. The molecule has 0 heterocycles. The quantitative estimate of drug-likeness (QED) is 0.386. The number of amides is 1. The number of ether oxygens (including phenoxy) is 1. The predicted molar refractivity (Wildman–Crippen MR) is 41.8 cm³/mol. The van der Waals surface area contributed by atoms with Gasteiger partial charge in [-0.05, 0) is 6.92 Å². The highest BCUT2D eigenvalue weighted by atomic mass is 16.5. The Morgan fingerprint density at radius 2 is 2.17 bits per heavy atom. The molecule has 0 aliphatic carbocycles. The van der Waals surface area contributed by atoms with Crippen molar-refractivity contribution in [1.29, 1.82) is 0 Å². The Morgan fingerprint density at radius 1 is 1.58 bits per heavy atom. The molecule has 0 fully saturated rings. The molecule has 0 radical (unpaired) electrons. The fourth-order valence-electron chi connectivity index (χ4n) is 0.510. The van der Waals surface area contributed by atoms with Gasteiger partial charge in [-0.15, -0.1) is 0 Å². The minimum Gasteiger partial charge on any atom is -0.461 e. The fourth-order valence-corrected chi connectivity index (χ4v) is 0.510. The molecule has 0 saturated carbocycles. The molecular weight excluding hydrogens is 160 g/mol. The number of rotatable bonds is 3. The average Bonchev–Trinajstić information content (AvgIpc) is 2.04. The van der Waals surface area contributed by atoms with Gasteiger partial charge in [-0.2, -0.15) is 0 Å². The van der Waals surface area contributed by atoms with Gasteiger partial charge in [-0.1, -0.05) is 0 Å². The number of hydrogen-bond donors (Lipinski definition) is 2. The molecule has 0 saturated heterocycles. The molecule has 0 rings (SSSR count). The number of carbonyl (C=O) groups excluding carboxylic acids is 2. The van der Waals surface area contributed by atoms with Crippen LogP contribution in [-0.4, -0.2) is 25.5 Å². The highest BCUT2D eigenvalue weighted by molar-refractivity contribution is 5.94. The summed E-state index contributed by atoms with van der Waals surface area (Å²) < 4.78 is 4.55. The van der Waals surface area contributed by atoms with Crippen molar-refractivity contribution in [1.82, 2.24) is 0 Å². The molecule has 0 unspecified atom stereocenters. The van der Waals surface area contributed by atoms with Crippen LogP contribution in [0.4, 0.5) is 0 Å². The van der Waals surface area contributed by atoms with Crippen molar-refractivity contribution in [3.05, 3.63) is 11.8 Å². The second-order valence-corrected chi connectivity index (χ2v) is 2.01. The number of quaternary nitrogens is 1. The van der Waals surface area contributed by atoms with E-state index in [2.05, 4.69) is 4.74 Å². The third-order valence-electron chi connectivity index (χ3n) is 1.09. The summed E-state index contributed by atoms with van der Waals surface area (Å²) in [5, 5.41) is 1.31. The molecule has 0 aliphatic heterocycles. The summed E-state index contributed by atoms with van der Waals surface area (Å²) in [6, 6.07) is 0. The number of esters is 1. The van der Waals surface area contributed by atoms with Crippen molar-refractivity contribution < 1.29 is 19.6 Å². The zero-order valence-electron chi connectivity index (χ0n) is 7.16. The molecule has 0 aromatic rings. The number of hydrogen-bond acceptors (Lipinski definition) is 4. The Morgan fingerprint density at radius 3 is 2.58 bits per heavy atom. The van der Waals surface area contributed by atoms with Crippen molar-refractivity contribution in [3.8, 4) is 0 Å². The van der Waals surface area contributed by atoms with Gasteiger partial charge < -0.3 is 10.5 Å². The van der Waals surface area contributed by atoms with Crippen LogP contribution in [0.1, 0.15) is 6.92 Å². The molecule has 0 bridgehead atoms. The lowest BCUT2D eigenvalue weighted by Crippen LogP contribution is -2.83. The van der Waals surface area contributed by atoms with Crippen molar-refractivity contribution in [2.24, 2.45) is 5.73 Å². The summed E-state index contributed by atoms with van der Waals surface area (Å²) in [5.74, 6) is -0.965. The van der Waals surface area contributed by atoms with Crippen LogP contribution in [0.2, 0.25) is 0 Å². The number of nitrogens with two attached hydrogens (primary N) is 2. The predicted octanol–water partition coefficient (Wildman–Crippen LogP) is -1.89. The second-order valence-electron chi connectivity index (χ2n) is 2.01. The van der Waals surface area contributed by atoms with Crippen molar-refractivity contribution in [2.75, 3.05) is 13.7 Å². The Balaban J connectivity index is 4.17. The van der Waals surface area contributed by atoms with Crippen LogP contribution in [-0.2, 0) is 14.3 Å². The largest absolute Gasteiger partial charge is 0.461 e. The van der Waals surface area contributed by atoms with E-state index in [9.17, 15) is 9.59 Å². The SMILES string of the molecule is CCOC(=O)/C(N)=C/C(=O)[NH2+]C. The summed E-state index contributed by atoms with van der Waals surface area (Å²) in [7, 11) is 1.57. The minimum absolute atomic E-state index is 0.167. The van der Waals surface area contributed by atoms with Gasteiger partial charge in [0.2, 0.25) is 0 Å². The van der Waals surface area contributed by atoms with E-state index in [4.69, 9.17) is 5.73 Å². The van der Waals surface area contributed by atoms with E-state index in [-0.39, 0.29) is 18.2 Å². The van der Waals surface area contributed by atoms with Crippen LogP contribution in [0, 0.1) is 0 Å². The molecule has 0 spiro atoms. The van der Waals surface area contributed by atoms with Crippen molar-refractivity contribution in [3.63, 3.8) is 0 Å². The van der Waals surface area contributed by atoms with Gasteiger partial charge in [0, 0.05) is 0 Å². The van der Waals surface area contributed by atoms with Crippen LogP contribution >= 0.6 is 0 Å². The van der Waals surface area contributed by atoms with Crippen LogP contribution in [0.5, 0.6) is 0 Å². The fraction of sp³-hybridized carbons (Fsp3) is 0.429. The first-order valence-corrected chi connectivity index (χ1v) is 3.59. The van der Waals surface area contributed by atoms with Gasteiger partial charge >= 0.3 is 11.9 Å². The van der Waals surface area contributed by atoms with Crippen LogP contribution in [0.25, 0.3) is 0 Å². The summed E-state index contributed by atoms with van der Waals surface area (Å²) in [6.45, 7) is 1.91. The van der Waals surface area contributed by atoms with Gasteiger partial charge in [0.25, 0.3) is 0 Å². The van der Waals surface area contributed by atoms with E-state index in [1.807, 2.05) is 0 Å². The normalized spacial score (nSPS) is 11.0. The topological polar surface area (TPSA) is 86.0 Å². The number of primary amides is 1. The van der Waals surface area contributed by atoms with E-state index in [0.29, 0.717) is 0 Å². The first kappa shape index (κ1) is 10.6. The first-order valence-electron chi connectivity index (χ1n) is 3.59. The summed E-state index contributed by atoms with van der Waals surface area (Å²) in [6.07, 6.45) is 1.04. The highest BCUT2D eigenvalue weighted by Crippen LogP contribution is 1.87. The maximum atomic E-state index is 10.8. The Kier molecular flexibility index (Phi) is 4.71. The molecule has 1 amide bonds. The van der Waals surface area contributed by atoms with Crippen molar-refractivity contribution in [2.45, 2.75) is 6.92 Å². The Bertz CT molecular complexity index is 211. The Labute approximate surface area is 70.6 Å². The van der Waals surface area contributed by atoms with Gasteiger partial charge in [-0.3, -0.25) is 5.32 Å². The molecule has 5 nitrogen and oxygen atoms in total. The van der Waals surface area contributed by atoms with Crippen LogP contribution in [0.3, 0.4) is 0 Å². The lowest BCUT2D eigenvalue weighted by Gasteiger charge is -1.99. The highest BCUT2D eigenvalue weighted by Gasteiger charge is 2.08. The van der Waals surface area contributed by atoms with E-state index in [0.717, 1.165) is 6.08 Å². The number of carbonyl (C=O) groups is 2. The lowest BCUT2D eigenvalue weighted by molar-refractivity contribution is -0.534. The third kappa shape index (κ3) is 3.72. The zero-order valence-corrected chi connectivity index (χ0v) is 7.16. The molecule has 0 aromatic heterocycles. The average molecular weight is 173 g/mol. The minimum atomic E-state index is -0.660. The molecule has 0 aliphatic rings. The smallest absolute Gasteiger partial charge is 0.354 e. The van der Waals surface area contributed by atoms with E-state index in [1.54, 1.807) is 14.0 Å². The molecule has 12 heavy (non-hydrogen) atoms. The Hall–Kier alpha value is -1.36. The maximum absolute atomic E-state index is 10.8. The maximum Gasteiger partial charge on any atom is 0.354 e. The zero-order chi connectivity index (χ0) is 9.56. The molecular formula is C7H13N2O3+. The summed E-state index contributed by atoms with van der Waals surface area (Å²) in [4.78, 5) is 21.5. The summed E-state index contributed by atoms with van der Waals surface area (Å²) >= 11 is 0. The van der Waals surface area contributed by atoms with E-state index >= 15 is 0 Å². The van der Waals surface area contributed by atoms with Gasteiger partial charge in [0.15, 0.2) is 0 Å². The van der Waals surface area contributed by atoms with Gasteiger partial charge in [0.1, 0.15) is 5.70 Å². The summed E-state index contributed by atoms with van der Waals surface area (Å²) in [5.41, 5.74) is 5.06. The van der Waals surface area contributed by atoms with Gasteiger partial charge in [0.05, 0.1) is 19.7 Å². The molecule has 5 heteroatoms. The second kappa shape index (κ2) is 5.31. The molecule has 68 valence electrons. The molecule has 4 N–H and O–H groups in total. The van der Waals surface area contributed by atoms with E-state index < -0.39 is 5.97 Å².